The maximum Gasteiger partial charge on any atom is 0.573 e. The van der Waals surface area contributed by atoms with Crippen LogP contribution in [0, 0.1) is 29.3 Å². The number of hydrogen-bond donors (Lipinski definition) is 0. The first-order valence-corrected chi connectivity index (χ1v) is 10.7. The monoisotopic (exact) mass is 496 g/mol. The molecule has 0 aromatic heterocycles. The second kappa shape index (κ2) is 9.24. The van der Waals surface area contributed by atoms with Crippen LogP contribution in [0.3, 0.4) is 0 Å². The average molecular weight is 496 g/mol. The number of benzene rings is 2. The zero-order valence-electron chi connectivity index (χ0n) is 17.6. The summed E-state index contributed by atoms with van der Waals surface area (Å²) in [5.74, 6) is -6.12. The standard InChI is InChI=1S/C23H20F8O3/c24-16-10-15(5-7-20(16)34-23(29,30)31)33-22(27,28)21-17(25)8-14(9-18(21)26)19-6-4-13(11-32-19)12-2-1-3-12/h5,7-10,12-13,19H,1-4,6,11H2. The largest absolute Gasteiger partial charge is 0.573 e. The third-order valence-electron chi connectivity index (χ3n) is 6.23. The Morgan fingerprint density at radius 3 is 1.94 bits per heavy atom. The molecule has 2 fully saturated rings. The van der Waals surface area contributed by atoms with E-state index in [1.807, 2.05) is 0 Å². The first kappa shape index (κ1) is 24.6. The SMILES string of the molecule is Fc1cc(OC(F)(F)c2c(F)cc(C3CCC(C4CCC4)CO3)cc2F)ccc1OC(F)(F)F. The molecule has 1 heterocycles. The van der Waals surface area contributed by atoms with Gasteiger partial charge in [-0.05, 0) is 54.5 Å². The third kappa shape index (κ3) is 5.39. The molecule has 1 saturated heterocycles. The number of hydrogen-bond acceptors (Lipinski definition) is 3. The van der Waals surface area contributed by atoms with E-state index in [0.717, 1.165) is 31.4 Å². The van der Waals surface area contributed by atoms with Crippen LogP contribution >= 0.6 is 0 Å². The predicted molar refractivity (Wildman–Crippen MR) is 103 cm³/mol. The molecule has 0 amide bonds. The van der Waals surface area contributed by atoms with Crippen molar-refractivity contribution < 1.29 is 49.3 Å². The third-order valence-corrected chi connectivity index (χ3v) is 6.23. The summed E-state index contributed by atoms with van der Waals surface area (Å²) in [4.78, 5) is 0. The van der Waals surface area contributed by atoms with E-state index in [1.165, 1.54) is 6.42 Å². The molecule has 2 aromatic carbocycles. The van der Waals surface area contributed by atoms with Crippen molar-refractivity contribution in [1.82, 2.24) is 0 Å². The summed E-state index contributed by atoms with van der Waals surface area (Å²) in [6, 6.07) is 2.63. The Morgan fingerprint density at radius 1 is 0.765 bits per heavy atom. The second-order valence-corrected chi connectivity index (χ2v) is 8.47. The molecule has 2 atom stereocenters. The smallest absolute Gasteiger partial charge is 0.429 e. The second-order valence-electron chi connectivity index (χ2n) is 8.47. The van der Waals surface area contributed by atoms with E-state index in [9.17, 15) is 35.1 Å². The highest BCUT2D eigenvalue weighted by Crippen LogP contribution is 2.43. The maximum atomic E-state index is 14.6. The van der Waals surface area contributed by atoms with E-state index in [2.05, 4.69) is 9.47 Å². The van der Waals surface area contributed by atoms with E-state index < -0.39 is 53.1 Å². The maximum absolute atomic E-state index is 14.6. The van der Waals surface area contributed by atoms with Crippen molar-refractivity contribution in [2.45, 2.75) is 50.7 Å². The van der Waals surface area contributed by atoms with Gasteiger partial charge in [0.25, 0.3) is 0 Å². The van der Waals surface area contributed by atoms with Gasteiger partial charge in [0.2, 0.25) is 0 Å². The summed E-state index contributed by atoms with van der Waals surface area (Å²) in [5.41, 5.74) is -1.64. The van der Waals surface area contributed by atoms with Gasteiger partial charge in [0.15, 0.2) is 11.6 Å². The highest BCUT2D eigenvalue weighted by Gasteiger charge is 2.42. The van der Waals surface area contributed by atoms with Crippen LogP contribution < -0.4 is 9.47 Å². The molecule has 0 radical (unpaired) electrons. The molecule has 3 nitrogen and oxygen atoms in total. The lowest BCUT2D eigenvalue weighted by Crippen LogP contribution is -2.31. The van der Waals surface area contributed by atoms with Gasteiger partial charge in [-0.2, -0.15) is 8.78 Å². The first-order valence-electron chi connectivity index (χ1n) is 10.7. The Balaban J connectivity index is 1.48. The zero-order chi connectivity index (χ0) is 24.7. The van der Waals surface area contributed by atoms with Gasteiger partial charge in [-0.1, -0.05) is 19.3 Å². The number of ether oxygens (including phenoxy) is 3. The Kier molecular flexibility index (Phi) is 6.67. The van der Waals surface area contributed by atoms with E-state index in [4.69, 9.17) is 4.74 Å². The normalized spacial score (nSPS) is 21.8. The van der Waals surface area contributed by atoms with Crippen molar-refractivity contribution in [2.24, 2.45) is 11.8 Å². The van der Waals surface area contributed by atoms with Gasteiger partial charge in [0, 0.05) is 6.07 Å². The summed E-state index contributed by atoms with van der Waals surface area (Å²) in [5, 5.41) is 0. The van der Waals surface area contributed by atoms with Gasteiger partial charge in [-0.15, -0.1) is 13.2 Å². The van der Waals surface area contributed by atoms with Gasteiger partial charge < -0.3 is 14.2 Å². The van der Waals surface area contributed by atoms with Crippen LogP contribution in [0.25, 0.3) is 0 Å². The molecule has 2 aliphatic rings. The molecule has 34 heavy (non-hydrogen) atoms. The average Bonchev–Trinajstić information content (AvgIpc) is 2.67. The molecule has 11 heteroatoms. The summed E-state index contributed by atoms with van der Waals surface area (Å²) < 4.78 is 122. The minimum Gasteiger partial charge on any atom is -0.429 e. The van der Waals surface area contributed by atoms with E-state index in [-0.39, 0.29) is 11.6 Å². The van der Waals surface area contributed by atoms with E-state index in [1.54, 1.807) is 0 Å². The summed E-state index contributed by atoms with van der Waals surface area (Å²) in [6.45, 7) is 0.430. The molecular weight excluding hydrogens is 476 g/mol. The van der Waals surface area contributed by atoms with Crippen LogP contribution in [0.2, 0.25) is 0 Å². The first-order chi connectivity index (χ1) is 15.9. The van der Waals surface area contributed by atoms with Gasteiger partial charge in [0.1, 0.15) is 22.9 Å². The van der Waals surface area contributed by atoms with Gasteiger partial charge >= 0.3 is 12.5 Å². The van der Waals surface area contributed by atoms with Crippen molar-refractivity contribution in [1.29, 1.82) is 0 Å². The Hall–Kier alpha value is -2.56. The van der Waals surface area contributed by atoms with Crippen LogP contribution in [-0.4, -0.2) is 13.0 Å². The lowest BCUT2D eigenvalue weighted by molar-refractivity contribution is -0.275. The Labute approximate surface area is 189 Å². The fourth-order valence-electron chi connectivity index (χ4n) is 4.33. The fraction of sp³-hybridized carbons (Fsp3) is 0.478. The number of alkyl halides is 5. The van der Waals surface area contributed by atoms with Crippen molar-refractivity contribution in [3.63, 3.8) is 0 Å². The van der Waals surface area contributed by atoms with Crippen LogP contribution in [-0.2, 0) is 10.8 Å². The van der Waals surface area contributed by atoms with Crippen LogP contribution in [0.5, 0.6) is 11.5 Å². The van der Waals surface area contributed by atoms with Crippen molar-refractivity contribution in [3.05, 3.63) is 58.9 Å². The highest BCUT2D eigenvalue weighted by molar-refractivity contribution is 5.35. The topological polar surface area (TPSA) is 27.7 Å². The summed E-state index contributed by atoms with van der Waals surface area (Å²) >= 11 is 0. The van der Waals surface area contributed by atoms with Gasteiger partial charge in [0.05, 0.1) is 12.7 Å². The summed E-state index contributed by atoms with van der Waals surface area (Å²) in [7, 11) is 0. The summed E-state index contributed by atoms with van der Waals surface area (Å²) in [6.07, 6.45) is -5.69. The molecule has 1 aliphatic heterocycles. The molecular formula is C23H20F8O3. The van der Waals surface area contributed by atoms with Crippen molar-refractivity contribution >= 4 is 0 Å². The fourth-order valence-corrected chi connectivity index (χ4v) is 4.33. The number of halogens is 8. The van der Waals surface area contributed by atoms with E-state index in [0.29, 0.717) is 37.0 Å². The molecule has 0 spiro atoms. The lowest BCUT2D eigenvalue weighted by Gasteiger charge is -2.38. The Morgan fingerprint density at radius 2 is 1.44 bits per heavy atom. The van der Waals surface area contributed by atoms with E-state index >= 15 is 0 Å². The molecule has 2 unspecified atom stereocenters. The molecule has 1 saturated carbocycles. The Bertz CT molecular complexity index is 1000. The minimum atomic E-state index is -5.21. The zero-order valence-corrected chi connectivity index (χ0v) is 17.6. The molecule has 0 bridgehead atoms. The predicted octanol–water partition coefficient (Wildman–Crippen LogP) is 7.40. The molecule has 186 valence electrons. The molecule has 1 aliphatic carbocycles. The van der Waals surface area contributed by atoms with Gasteiger partial charge in [-0.25, -0.2) is 13.2 Å². The highest BCUT2D eigenvalue weighted by atomic mass is 19.4. The van der Waals surface area contributed by atoms with Crippen LogP contribution in [0.15, 0.2) is 30.3 Å². The number of rotatable bonds is 6. The van der Waals surface area contributed by atoms with Crippen LogP contribution in [0.1, 0.15) is 49.3 Å². The molecule has 0 N–H and O–H groups in total. The molecule has 4 rings (SSSR count). The quantitative estimate of drug-likeness (QED) is 0.390. The van der Waals surface area contributed by atoms with Gasteiger partial charge in [-0.3, -0.25) is 0 Å². The van der Waals surface area contributed by atoms with Crippen LogP contribution in [0.4, 0.5) is 35.1 Å². The van der Waals surface area contributed by atoms with Crippen molar-refractivity contribution in [2.75, 3.05) is 6.61 Å². The van der Waals surface area contributed by atoms with Crippen molar-refractivity contribution in [3.8, 4) is 11.5 Å². The molecule has 2 aromatic rings. The lowest BCUT2D eigenvalue weighted by atomic mass is 9.73. The minimum absolute atomic E-state index is 0.0707.